The zero-order valence-corrected chi connectivity index (χ0v) is 10.0. The molecule has 0 saturated heterocycles. The smallest absolute Gasteiger partial charge is 0.338 e. The molecule has 3 nitrogen and oxygen atoms in total. The quantitative estimate of drug-likeness (QED) is 0.850. The van der Waals surface area contributed by atoms with Gasteiger partial charge in [-0.05, 0) is 37.5 Å². The topological polar surface area (TPSA) is 49.3 Å². The summed E-state index contributed by atoms with van der Waals surface area (Å²) in [6.07, 6.45) is 1.12. The summed E-state index contributed by atoms with van der Waals surface area (Å²) in [6, 6.07) is 3.61. The fraction of sp³-hybridized carbons (Fsp3) is 0.462. The van der Waals surface area contributed by atoms with Crippen LogP contribution in [0, 0.1) is 5.82 Å². The predicted molar refractivity (Wildman–Crippen MR) is 62.7 cm³/mol. The minimum Gasteiger partial charge on any atom is -0.478 e. The molecule has 0 aromatic heterocycles. The van der Waals surface area contributed by atoms with Gasteiger partial charge in [-0.2, -0.15) is 0 Å². The minimum atomic E-state index is -1.30. The molecular weight excluding hydrogens is 240 g/mol. The van der Waals surface area contributed by atoms with Gasteiger partial charge in [0.05, 0.1) is 5.56 Å². The van der Waals surface area contributed by atoms with Gasteiger partial charge in [0.1, 0.15) is 11.5 Å². The molecule has 0 spiro atoms. The lowest BCUT2D eigenvalue weighted by molar-refractivity contribution is 0.0691. The summed E-state index contributed by atoms with van der Waals surface area (Å²) in [6.45, 7) is 2.09. The van der Waals surface area contributed by atoms with Crippen LogP contribution in [0.2, 0.25) is 0 Å². The van der Waals surface area contributed by atoms with Gasteiger partial charge in [0.25, 0.3) is 0 Å². The second-order valence-electron chi connectivity index (χ2n) is 4.76. The van der Waals surface area contributed by atoms with Crippen molar-refractivity contribution in [3.05, 3.63) is 35.1 Å². The lowest BCUT2D eigenvalue weighted by Crippen LogP contribution is -2.35. The van der Waals surface area contributed by atoms with E-state index in [4.69, 9.17) is 5.11 Å². The van der Waals surface area contributed by atoms with E-state index in [2.05, 4.69) is 5.32 Å². The van der Waals surface area contributed by atoms with Gasteiger partial charge in [-0.15, -0.1) is 0 Å². The third kappa shape index (κ3) is 2.67. The van der Waals surface area contributed by atoms with Crippen molar-refractivity contribution >= 4 is 5.97 Å². The van der Waals surface area contributed by atoms with Crippen molar-refractivity contribution in [2.45, 2.75) is 38.0 Å². The van der Waals surface area contributed by atoms with E-state index >= 15 is 0 Å². The second kappa shape index (κ2) is 4.65. The number of nitrogens with one attached hydrogen (secondary N) is 1. The lowest BCUT2D eigenvalue weighted by Gasteiger charge is -2.17. The molecule has 1 aromatic carbocycles. The highest BCUT2D eigenvalue weighted by molar-refractivity contribution is 5.88. The highest BCUT2D eigenvalue weighted by atomic mass is 19.1. The number of benzene rings is 1. The highest BCUT2D eigenvalue weighted by Crippen LogP contribution is 2.42. The summed E-state index contributed by atoms with van der Waals surface area (Å²) in [7, 11) is 0. The van der Waals surface area contributed by atoms with Crippen LogP contribution in [0.1, 0.15) is 35.7 Å². The molecule has 5 heteroatoms. The third-order valence-corrected chi connectivity index (χ3v) is 3.38. The van der Waals surface area contributed by atoms with Crippen molar-refractivity contribution in [2.24, 2.45) is 0 Å². The Labute approximate surface area is 104 Å². The molecule has 1 unspecified atom stereocenters. The first kappa shape index (κ1) is 13.0. The Morgan fingerprint density at radius 2 is 2.22 bits per heavy atom. The molecule has 0 heterocycles. The van der Waals surface area contributed by atoms with Crippen LogP contribution >= 0.6 is 0 Å². The summed E-state index contributed by atoms with van der Waals surface area (Å²) in [4.78, 5) is 10.8. The van der Waals surface area contributed by atoms with Gasteiger partial charge < -0.3 is 10.4 Å². The van der Waals surface area contributed by atoms with E-state index in [-0.39, 0.29) is 11.6 Å². The fourth-order valence-electron chi connectivity index (χ4n) is 1.85. The molecule has 98 valence electrons. The average molecular weight is 255 g/mol. The van der Waals surface area contributed by atoms with Crippen molar-refractivity contribution in [2.75, 3.05) is 0 Å². The molecule has 1 aromatic rings. The molecule has 2 rings (SSSR count). The molecule has 1 fully saturated rings. The van der Waals surface area contributed by atoms with E-state index in [1.54, 1.807) is 6.92 Å². The maximum Gasteiger partial charge on any atom is 0.338 e. The van der Waals surface area contributed by atoms with Crippen LogP contribution < -0.4 is 5.32 Å². The number of rotatable bonds is 5. The maximum absolute atomic E-state index is 13.7. The number of carbonyl (C=O) groups is 1. The third-order valence-electron chi connectivity index (χ3n) is 3.38. The second-order valence-corrected chi connectivity index (χ2v) is 4.76. The van der Waals surface area contributed by atoms with Crippen LogP contribution in [0.4, 0.5) is 8.78 Å². The van der Waals surface area contributed by atoms with Crippen LogP contribution in [0.5, 0.6) is 0 Å². The number of hydrogen-bond acceptors (Lipinski definition) is 2. The van der Waals surface area contributed by atoms with Gasteiger partial charge >= 0.3 is 5.97 Å². The predicted octanol–water partition coefficient (Wildman–Crippen LogP) is 2.50. The molecule has 1 atom stereocenters. The standard InChI is InChI=1S/C13H15F2NO2/c1-8(13(15)4-5-13)16-7-9-2-3-11(14)10(6-9)12(17)18/h2-3,6,8,16H,4-5,7H2,1H3,(H,17,18). The summed E-state index contributed by atoms with van der Waals surface area (Å²) in [5.74, 6) is -2.06. The zero-order valence-electron chi connectivity index (χ0n) is 10.0. The highest BCUT2D eigenvalue weighted by Gasteiger charge is 2.47. The van der Waals surface area contributed by atoms with Crippen LogP contribution in [-0.2, 0) is 6.54 Å². The molecule has 0 aliphatic heterocycles. The van der Waals surface area contributed by atoms with Crippen molar-refractivity contribution in [3.8, 4) is 0 Å². The van der Waals surface area contributed by atoms with Gasteiger partial charge in [0.2, 0.25) is 0 Å². The van der Waals surface area contributed by atoms with E-state index in [0.717, 1.165) is 6.07 Å². The van der Waals surface area contributed by atoms with Crippen LogP contribution in [-0.4, -0.2) is 22.8 Å². The van der Waals surface area contributed by atoms with E-state index in [1.807, 2.05) is 0 Å². The van der Waals surface area contributed by atoms with E-state index in [0.29, 0.717) is 24.9 Å². The Hall–Kier alpha value is -1.49. The Morgan fingerprint density at radius 1 is 1.56 bits per heavy atom. The molecule has 1 saturated carbocycles. The monoisotopic (exact) mass is 255 g/mol. The summed E-state index contributed by atoms with van der Waals surface area (Å²) in [5, 5.41) is 11.8. The van der Waals surface area contributed by atoms with E-state index in [1.165, 1.54) is 12.1 Å². The van der Waals surface area contributed by atoms with Crippen LogP contribution in [0.15, 0.2) is 18.2 Å². The van der Waals surface area contributed by atoms with E-state index < -0.39 is 17.5 Å². The number of carboxylic acids is 1. The number of alkyl halides is 1. The van der Waals surface area contributed by atoms with Crippen molar-refractivity contribution in [3.63, 3.8) is 0 Å². The minimum absolute atomic E-state index is 0.282. The number of carboxylic acid groups (broad SMARTS) is 1. The molecule has 18 heavy (non-hydrogen) atoms. The van der Waals surface area contributed by atoms with Gasteiger partial charge in [-0.1, -0.05) is 6.07 Å². The number of aromatic carboxylic acids is 1. The summed E-state index contributed by atoms with van der Waals surface area (Å²) >= 11 is 0. The lowest BCUT2D eigenvalue weighted by atomic mass is 10.1. The SMILES string of the molecule is CC(NCc1ccc(F)c(C(=O)O)c1)C1(F)CC1. The Bertz CT molecular complexity index is 472. The maximum atomic E-state index is 13.7. The van der Waals surface area contributed by atoms with Crippen molar-refractivity contribution in [1.82, 2.24) is 5.32 Å². The first-order valence-electron chi connectivity index (χ1n) is 5.86. The Balaban J connectivity index is 2.01. The van der Waals surface area contributed by atoms with Gasteiger partial charge in [-0.3, -0.25) is 0 Å². The summed E-state index contributed by atoms with van der Waals surface area (Å²) in [5.41, 5.74) is -0.858. The molecular formula is C13H15F2NO2. The normalized spacial score (nSPS) is 18.4. The zero-order chi connectivity index (χ0) is 13.3. The molecule has 2 N–H and O–H groups in total. The average Bonchev–Trinajstić information content (AvgIpc) is 3.07. The van der Waals surface area contributed by atoms with E-state index in [9.17, 15) is 13.6 Å². The molecule has 0 amide bonds. The molecule has 1 aliphatic rings. The van der Waals surface area contributed by atoms with Gasteiger partial charge in [0, 0.05) is 12.6 Å². The van der Waals surface area contributed by atoms with Crippen LogP contribution in [0.25, 0.3) is 0 Å². The molecule has 0 radical (unpaired) electrons. The Morgan fingerprint density at radius 3 is 2.78 bits per heavy atom. The first-order valence-corrected chi connectivity index (χ1v) is 5.86. The van der Waals surface area contributed by atoms with Gasteiger partial charge in [0.15, 0.2) is 0 Å². The first-order chi connectivity index (χ1) is 8.42. The molecule has 0 bridgehead atoms. The van der Waals surface area contributed by atoms with Crippen molar-refractivity contribution in [1.29, 1.82) is 0 Å². The fourth-order valence-corrected chi connectivity index (χ4v) is 1.85. The number of hydrogen-bond donors (Lipinski definition) is 2. The molecule has 1 aliphatic carbocycles. The van der Waals surface area contributed by atoms with Crippen molar-refractivity contribution < 1.29 is 18.7 Å². The van der Waals surface area contributed by atoms with Gasteiger partial charge in [-0.25, -0.2) is 13.6 Å². The largest absolute Gasteiger partial charge is 0.478 e. The summed E-state index contributed by atoms with van der Waals surface area (Å²) < 4.78 is 26.8. The van der Waals surface area contributed by atoms with Crippen LogP contribution in [0.3, 0.4) is 0 Å². The Kier molecular flexibility index (Phi) is 3.34. The number of halogens is 2.